The Hall–Kier alpha value is -1.01. The Morgan fingerprint density at radius 3 is 2.65 bits per heavy atom. The van der Waals surface area contributed by atoms with Gasteiger partial charge in [-0.25, -0.2) is 0 Å². The number of aromatic amines is 1. The number of piperidine rings is 1. The maximum Gasteiger partial charge on any atom is 0.191 e. The van der Waals surface area contributed by atoms with Crippen LogP contribution in [-0.2, 0) is 0 Å². The van der Waals surface area contributed by atoms with Crippen LogP contribution in [0, 0.1) is 5.92 Å². The van der Waals surface area contributed by atoms with Crippen LogP contribution in [-0.4, -0.2) is 51.7 Å². The number of nitrogens with zero attached hydrogens (tertiary/aromatic N) is 4. The van der Waals surface area contributed by atoms with Gasteiger partial charge in [-0.1, -0.05) is 5.21 Å². The Labute approximate surface area is 102 Å². The molecule has 6 heteroatoms. The fraction of sp³-hybridized carbons (Fsp3) is 0.909. The Morgan fingerprint density at radius 1 is 1.35 bits per heavy atom. The molecule has 0 spiro atoms. The maximum absolute atomic E-state index is 4.01. The van der Waals surface area contributed by atoms with E-state index in [-0.39, 0.29) is 6.04 Å². The fourth-order valence-corrected chi connectivity index (χ4v) is 2.49. The second-order valence-electron chi connectivity index (χ2n) is 5.09. The molecule has 17 heavy (non-hydrogen) atoms. The number of H-pyrrole nitrogens is 1. The molecule has 0 radical (unpaired) electrons. The quantitative estimate of drug-likeness (QED) is 0.803. The highest BCUT2D eigenvalue weighted by atomic mass is 15.5. The molecule has 1 saturated heterocycles. The normalized spacial score (nSPS) is 22.5. The summed E-state index contributed by atoms with van der Waals surface area (Å²) in [6.07, 6.45) is 2.53. The molecule has 2 heterocycles. The maximum atomic E-state index is 4.01. The third-order valence-corrected chi connectivity index (χ3v) is 3.73. The fourth-order valence-electron chi connectivity index (χ4n) is 2.49. The Morgan fingerprint density at radius 2 is 2.06 bits per heavy atom. The molecule has 0 aromatic carbocycles. The molecule has 1 aromatic rings. The zero-order valence-electron chi connectivity index (χ0n) is 10.8. The minimum atomic E-state index is 0.156. The monoisotopic (exact) mass is 238 g/mol. The molecular weight excluding hydrogens is 216 g/mol. The molecule has 0 saturated carbocycles. The van der Waals surface area contributed by atoms with Crippen LogP contribution < -0.4 is 5.32 Å². The molecule has 0 amide bonds. The third-order valence-electron chi connectivity index (χ3n) is 3.73. The largest absolute Gasteiger partial charge is 0.306 e. The van der Waals surface area contributed by atoms with Gasteiger partial charge in [0.05, 0.1) is 6.04 Å². The summed E-state index contributed by atoms with van der Waals surface area (Å²) in [5.41, 5.74) is 0. The van der Waals surface area contributed by atoms with E-state index >= 15 is 0 Å². The summed E-state index contributed by atoms with van der Waals surface area (Å²) in [5, 5.41) is 17.7. The van der Waals surface area contributed by atoms with Gasteiger partial charge in [-0.2, -0.15) is 5.21 Å². The summed E-state index contributed by atoms with van der Waals surface area (Å²) in [4.78, 5) is 2.39. The molecule has 1 aliphatic heterocycles. The van der Waals surface area contributed by atoms with Crippen LogP contribution in [0.25, 0.3) is 0 Å². The van der Waals surface area contributed by atoms with Crippen LogP contribution in [0.2, 0.25) is 0 Å². The smallest absolute Gasteiger partial charge is 0.191 e. The topological polar surface area (TPSA) is 69.7 Å². The van der Waals surface area contributed by atoms with E-state index in [4.69, 9.17) is 0 Å². The number of aromatic nitrogens is 4. The first-order valence-corrected chi connectivity index (χ1v) is 6.34. The van der Waals surface area contributed by atoms with Gasteiger partial charge < -0.3 is 10.2 Å². The molecular formula is C11H22N6. The van der Waals surface area contributed by atoms with Gasteiger partial charge in [-0.3, -0.25) is 0 Å². The van der Waals surface area contributed by atoms with Crippen molar-refractivity contribution in [1.82, 2.24) is 30.8 Å². The number of tetrazole rings is 1. The summed E-state index contributed by atoms with van der Waals surface area (Å²) >= 11 is 0. The molecule has 2 unspecified atom stereocenters. The molecule has 0 aliphatic carbocycles. The average Bonchev–Trinajstić information content (AvgIpc) is 2.83. The van der Waals surface area contributed by atoms with Crippen LogP contribution >= 0.6 is 0 Å². The van der Waals surface area contributed by atoms with E-state index in [1.165, 1.54) is 25.9 Å². The second kappa shape index (κ2) is 5.55. The van der Waals surface area contributed by atoms with E-state index in [9.17, 15) is 0 Å². The van der Waals surface area contributed by atoms with Gasteiger partial charge in [0, 0.05) is 6.04 Å². The first kappa shape index (κ1) is 12.4. The highest BCUT2D eigenvalue weighted by Crippen LogP contribution is 2.21. The van der Waals surface area contributed by atoms with Gasteiger partial charge in [-0.05, 0) is 52.7 Å². The minimum Gasteiger partial charge on any atom is -0.306 e. The Bertz CT molecular complexity index is 317. The highest BCUT2D eigenvalue weighted by molar-refractivity contribution is 4.89. The zero-order chi connectivity index (χ0) is 12.3. The van der Waals surface area contributed by atoms with Crippen LogP contribution in [0.15, 0.2) is 0 Å². The summed E-state index contributed by atoms with van der Waals surface area (Å²) < 4.78 is 0. The number of rotatable bonds is 4. The predicted molar refractivity (Wildman–Crippen MR) is 65.4 cm³/mol. The van der Waals surface area contributed by atoms with E-state index in [0.29, 0.717) is 6.04 Å². The first-order chi connectivity index (χ1) is 8.16. The molecule has 96 valence electrons. The third kappa shape index (κ3) is 3.23. The molecule has 1 fully saturated rings. The SMILES string of the molecule is CC(NC(C)C1CCN(C)CC1)c1nn[nH]n1. The van der Waals surface area contributed by atoms with Crippen molar-refractivity contribution >= 4 is 0 Å². The Balaban J connectivity index is 1.82. The van der Waals surface area contributed by atoms with Gasteiger partial charge >= 0.3 is 0 Å². The van der Waals surface area contributed by atoms with Crippen molar-refractivity contribution in [3.8, 4) is 0 Å². The summed E-state index contributed by atoms with van der Waals surface area (Å²) in [7, 11) is 2.19. The number of nitrogens with one attached hydrogen (secondary N) is 2. The Kier molecular flexibility index (Phi) is 4.06. The van der Waals surface area contributed by atoms with Crippen LogP contribution in [0.5, 0.6) is 0 Å². The lowest BCUT2D eigenvalue weighted by atomic mass is 9.90. The van der Waals surface area contributed by atoms with Gasteiger partial charge in [0.25, 0.3) is 0 Å². The van der Waals surface area contributed by atoms with Crippen molar-refractivity contribution < 1.29 is 0 Å². The second-order valence-corrected chi connectivity index (χ2v) is 5.09. The van der Waals surface area contributed by atoms with Crippen molar-refractivity contribution in [2.45, 2.75) is 38.8 Å². The van der Waals surface area contributed by atoms with Crippen LogP contribution in [0.1, 0.15) is 38.6 Å². The number of likely N-dealkylation sites (tertiary alicyclic amines) is 1. The van der Waals surface area contributed by atoms with Crippen molar-refractivity contribution in [1.29, 1.82) is 0 Å². The molecule has 2 atom stereocenters. The van der Waals surface area contributed by atoms with Gasteiger partial charge in [-0.15, -0.1) is 10.2 Å². The average molecular weight is 238 g/mol. The lowest BCUT2D eigenvalue weighted by Crippen LogP contribution is -2.41. The van der Waals surface area contributed by atoms with Crippen LogP contribution in [0.4, 0.5) is 0 Å². The van der Waals surface area contributed by atoms with Crippen molar-refractivity contribution in [2.24, 2.45) is 5.92 Å². The van der Waals surface area contributed by atoms with Gasteiger partial charge in [0.2, 0.25) is 0 Å². The summed E-state index contributed by atoms with van der Waals surface area (Å²) in [5.74, 6) is 1.49. The van der Waals surface area contributed by atoms with Crippen LogP contribution in [0.3, 0.4) is 0 Å². The van der Waals surface area contributed by atoms with Gasteiger partial charge in [0.1, 0.15) is 0 Å². The number of hydrogen-bond donors (Lipinski definition) is 2. The van der Waals surface area contributed by atoms with Crippen molar-refractivity contribution in [3.05, 3.63) is 5.82 Å². The molecule has 2 rings (SSSR count). The lowest BCUT2D eigenvalue weighted by Gasteiger charge is -2.34. The predicted octanol–water partition coefficient (Wildman–Crippen LogP) is 0.581. The van der Waals surface area contributed by atoms with Crippen molar-refractivity contribution in [2.75, 3.05) is 20.1 Å². The van der Waals surface area contributed by atoms with Crippen molar-refractivity contribution in [3.63, 3.8) is 0 Å². The van der Waals surface area contributed by atoms with E-state index < -0.39 is 0 Å². The first-order valence-electron chi connectivity index (χ1n) is 6.34. The minimum absolute atomic E-state index is 0.156. The highest BCUT2D eigenvalue weighted by Gasteiger charge is 2.24. The molecule has 2 N–H and O–H groups in total. The van der Waals surface area contributed by atoms with Gasteiger partial charge in [0.15, 0.2) is 5.82 Å². The van der Waals surface area contributed by atoms with E-state index in [2.05, 4.69) is 51.7 Å². The zero-order valence-corrected chi connectivity index (χ0v) is 10.8. The number of hydrogen-bond acceptors (Lipinski definition) is 5. The summed E-state index contributed by atoms with van der Waals surface area (Å²) in [6, 6.07) is 0.653. The summed E-state index contributed by atoms with van der Waals surface area (Å²) in [6.45, 7) is 6.74. The lowest BCUT2D eigenvalue weighted by molar-refractivity contribution is 0.184. The molecule has 1 aromatic heterocycles. The standard InChI is InChI=1S/C11H22N6/c1-8(10-4-6-17(3)7-5-10)12-9(2)11-13-15-16-14-11/h8-10,12H,4-7H2,1-3H3,(H,13,14,15,16). The van der Waals surface area contributed by atoms with E-state index in [1.807, 2.05) is 0 Å². The molecule has 6 nitrogen and oxygen atoms in total. The molecule has 0 bridgehead atoms. The van der Waals surface area contributed by atoms with E-state index in [0.717, 1.165) is 11.7 Å². The van der Waals surface area contributed by atoms with E-state index in [1.54, 1.807) is 0 Å². The molecule has 1 aliphatic rings.